The number of carbonyl (C=O) groups excluding carboxylic acids is 1. The van der Waals surface area contributed by atoms with Gasteiger partial charge in [-0.1, -0.05) is 29.3 Å². The van der Waals surface area contributed by atoms with Gasteiger partial charge in [-0.05, 0) is 30.5 Å². The first-order chi connectivity index (χ1) is 10.5. The highest BCUT2D eigenvalue weighted by Crippen LogP contribution is 2.43. The van der Waals surface area contributed by atoms with Crippen molar-refractivity contribution in [1.82, 2.24) is 25.5 Å². The van der Waals surface area contributed by atoms with E-state index in [9.17, 15) is 9.18 Å². The number of H-pyrrole nitrogens is 1. The summed E-state index contributed by atoms with van der Waals surface area (Å²) in [4.78, 5) is 14.4. The summed E-state index contributed by atoms with van der Waals surface area (Å²) >= 11 is 6.02. The van der Waals surface area contributed by atoms with Crippen LogP contribution < -0.4 is 0 Å². The molecule has 1 aliphatic rings. The predicted molar refractivity (Wildman–Crippen MR) is 77.6 cm³/mol. The van der Waals surface area contributed by atoms with Crippen molar-refractivity contribution in [2.75, 3.05) is 7.05 Å². The summed E-state index contributed by atoms with van der Waals surface area (Å²) in [5.74, 6) is -0.0358. The Bertz CT molecular complexity index is 687. The molecule has 0 spiro atoms. The Morgan fingerprint density at radius 3 is 2.82 bits per heavy atom. The van der Waals surface area contributed by atoms with Gasteiger partial charge >= 0.3 is 0 Å². The van der Waals surface area contributed by atoms with Gasteiger partial charge in [-0.2, -0.15) is 5.21 Å². The molecular weight excluding hydrogens is 309 g/mol. The van der Waals surface area contributed by atoms with Crippen molar-refractivity contribution in [2.24, 2.45) is 0 Å². The molecule has 1 aromatic carbocycles. The van der Waals surface area contributed by atoms with Gasteiger partial charge in [-0.25, -0.2) is 4.39 Å². The van der Waals surface area contributed by atoms with E-state index in [2.05, 4.69) is 20.6 Å². The monoisotopic (exact) mass is 323 g/mol. The zero-order valence-electron chi connectivity index (χ0n) is 12.0. The van der Waals surface area contributed by atoms with Crippen molar-refractivity contribution in [3.8, 4) is 0 Å². The summed E-state index contributed by atoms with van der Waals surface area (Å²) in [6.07, 6.45) is 2.35. The van der Waals surface area contributed by atoms with Crippen LogP contribution >= 0.6 is 11.6 Å². The quantitative estimate of drug-likeness (QED) is 0.934. The van der Waals surface area contributed by atoms with Crippen LogP contribution in [0.2, 0.25) is 5.02 Å². The molecule has 0 saturated heterocycles. The first kappa shape index (κ1) is 14.9. The number of benzene rings is 1. The van der Waals surface area contributed by atoms with Gasteiger partial charge < -0.3 is 4.90 Å². The van der Waals surface area contributed by atoms with E-state index in [0.29, 0.717) is 35.8 Å². The maximum absolute atomic E-state index is 13.1. The predicted octanol–water partition coefficient (Wildman–Crippen LogP) is 2.07. The third-order valence-corrected chi connectivity index (χ3v) is 4.51. The minimum Gasteiger partial charge on any atom is -0.340 e. The second kappa shape index (κ2) is 5.64. The van der Waals surface area contributed by atoms with Crippen molar-refractivity contribution >= 4 is 17.5 Å². The van der Waals surface area contributed by atoms with E-state index >= 15 is 0 Å². The molecule has 1 heterocycles. The zero-order valence-corrected chi connectivity index (χ0v) is 12.8. The van der Waals surface area contributed by atoms with Gasteiger partial charge in [0.05, 0.1) is 0 Å². The smallest absolute Gasteiger partial charge is 0.236 e. The highest BCUT2D eigenvalue weighted by molar-refractivity contribution is 6.31. The number of amides is 1. The minimum absolute atomic E-state index is 0.0689. The maximum atomic E-state index is 13.1. The third kappa shape index (κ3) is 2.45. The van der Waals surface area contributed by atoms with Crippen LogP contribution in [0.4, 0.5) is 4.39 Å². The third-order valence-electron chi connectivity index (χ3n) is 4.16. The van der Waals surface area contributed by atoms with Crippen molar-refractivity contribution in [2.45, 2.75) is 31.2 Å². The number of hydrogen-bond acceptors (Lipinski definition) is 4. The fourth-order valence-electron chi connectivity index (χ4n) is 2.77. The van der Waals surface area contributed by atoms with E-state index in [1.54, 1.807) is 18.0 Å². The van der Waals surface area contributed by atoms with Crippen LogP contribution in [-0.2, 0) is 16.8 Å². The van der Waals surface area contributed by atoms with Gasteiger partial charge in [0.1, 0.15) is 11.2 Å². The molecule has 1 fully saturated rings. The first-order valence-corrected chi connectivity index (χ1v) is 7.34. The molecule has 0 bridgehead atoms. The van der Waals surface area contributed by atoms with Gasteiger partial charge in [0.15, 0.2) is 5.82 Å². The highest BCUT2D eigenvalue weighted by Gasteiger charge is 2.50. The van der Waals surface area contributed by atoms with Crippen LogP contribution in [0.1, 0.15) is 30.7 Å². The minimum atomic E-state index is -0.700. The molecule has 2 aromatic rings. The Hall–Kier alpha value is -2.02. The van der Waals surface area contributed by atoms with E-state index in [0.717, 1.165) is 6.42 Å². The number of rotatable bonds is 4. The van der Waals surface area contributed by atoms with E-state index in [-0.39, 0.29) is 5.91 Å². The number of nitrogens with one attached hydrogen (secondary N) is 1. The van der Waals surface area contributed by atoms with Crippen LogP contribution in [0.15, 0.2) is 18.2 Å². The molecule has 6 nitrogen and oxygen atoms in total. The molecule has 22 heavy (non-hydrogen) atoms. The molecule has 0 atom stereocenters. The molecule has 1 N–H and O–H groups in total. The van der Waals surface area contributed by atoms with Crippen molar-refractivity contribution in [1.29, 1.82) is 0 Å². The second-order valence-electron chi connectivity index (χ2n) is 5.57. The van der Waals surface area contributed by atoms with Crippen LogP contribution in [0.5, 0.6) is 0 Å². The van der Waals surface area contributed by atoms with Crippen molar-refractivity contribution < 1.29 is 9.18 Å². The summed E-state index contributed by atoms with van der Waals surface area (Å²) in [6.45, 7) is 0.303. The summed E-state index contributed by atoms with van der Waals surface area (Å²) in [7, 11) is 1.70. The molecule has 116 valence electrons. The SMILES string of the molecule is CN(Cc1ccc(F)cc1Cl)C(=O)C1(c2nn[nH]n2)CCC1. The molecule has 1 amide bonds. The number of tetrazole rings is 1. The molecule has 0 aliphatic heterocycles. The number of halogens is 2. The average molecular weight is 324 g/mol. The maximum Gasteiger partial charge on any atom is 0.236 e. The van der Waals surface area contributed by atoms with Crippen LogP contribution in [0, 0.1) is 5.82 Å². The fourth-order valence-corrected chi connectivity index (χ4v) is 3.00. The van der Waals surface area contributed by atoms with Gasteiger partial charge in [0.2, 0.25) is 5.91 Å². The average Bonchev–Trinajstić information content (AvgIpc) is 2.95. The molecule has 8 heteroatoms. The van der Waals surface area contributed by atoms with Crippen LogP contribution in [-0.4, -0.2) is 38.5 Å². The molecule has 1 saturated carbocycles. The molecule has 1 aromatic heterocycles. The van der Waals surface area contributed by atoms with Crippen molar-refractivity contribution in [3.05, 3.63) is 40.4 Å². The van der Waals surface area contributed by atoms with Crippen LogP contribution in [0.25, 0.3) is 0 Å². The van der Waals surface area contributed by atoms with E-state index in [1.165, 1.54) is 12.1 Å². The lowest BCUT2D eigenvalue weighted by Gasteiger charge is -2.40. The topological polar surface area (TPSA) is 74.8 Å². The van der Waals surface area contributed by atoms with E-state index in [1.807, 2.05) is 0 Å². The zero-order chi connectivity index (χ0) is 15.7. The Labute approximate surface area is 131 Å². The van der Waals surface area contributed by atoms with E-state index < -0.39 is 11.2 Å². The highest BCUT2D eigenvalue weighted by atomic mass is 35.5. The lowest BCUT2D eigenvalue weighted by atomic mass is 9.67. The number of carbonyl (C=O) groups is 1. The Morgan fingerprint density at radius 2 is 2.27 bits per heavy atom. The molecule has 1 aliphatic carbocycles. The normalized spacial score (nSPS) is 16.1. The number of nitrogens with zero attached hydrogens (tertiary/aromatic N) is 4. The van der Waals surface area contributed by atoms with Gasteiger partial charge in [0.25, 0.3) is 0 Å². The second-order valence-corrected chi connectivity index (χ2v) is 5.98. The molecule has 0 radical (unpaired) electrons. The van der Waals surface area contributed by atoms with Gasteiger partial charge in [-0.3, -0.25) is 4.79 Å². The Morgan fingerprint density at radius 1 is 1.50 bits per heavy atom. The van der Waals surface area contributed by atoms with Crippen LogP contribution in [0.3, 0.4) is 0 Å². The number of aromatic amines is 1. The summed E-state index contributed by atoms with van der Waals surface area (Å²) in [6, 6.07) is 4.16. The number of aromatic nitrogens is 4. The lowest BCUT2D eigenvalue weighted by Crippen LogP contribution is -2.50. The fraction of sp³-hybridized carbons (Fsp3) is 0.429. The van der Waals surface area contributed by atoms with Gasteiger partial charge in [0, 0.05) is 18.6 Å². The number of likely N-dealkylation sites (N-methyl/N-ethyl adjacent to an activating group) is 1. The summed E-state index contributed by atoms with van der Waals surface area (Å²) in [5, 5.41) is 14.2. The number of hydrogen-bond donors (Lipinski definition) is 1. The Balaban J connectivity index is 1.79. The molecular formula is C14H15ClFN5O. The lowest BCUT2D eigenvalue weighted by molar-refractivity contribution is -0.140. The van der Waals surface area contributed by atoms with Gasteiger partial charge in [-0.15, -0.1) is 10.2 Å². The van der Waals surface area contributed by atoms with E-state index in [4.69, 9.17) is 11.6 Å². The molecule has 3 rings (SSSR count). The van der Waals surface area contributed by atoms with Crippen molar-refractivity contribution in [3.63, 3.8) is 0 Å². The first-order valence-electron chi connectivity index (χ1n) is 6.96. The Kier molecular flexibility index (Phi) is 3.82. The largest absolute Gasteiger partial charge is 0.340 e. The summed E-state index contributed by atoms with van der Waals surface area (Å²) in [5.41, 5.74) is -0.00431. The standard InChI is InChI=1S/C14H15ClFN5O/c1-21(8-9-3-4-10(16)7-11(9)15)13(22)14(5-2-6-14)12-17-19-20-18-12/h3-4,7H,2,5-6,8H2,1H3,(H,17,18,19,20). The molecule has 0 unspecified atom stereocenters. The summed E-state index contributed by atoms with van der Waals surface area (Å²) < 4.78 is 13.1.